The molecule has 0 aromatic heterocycles. The van der Waals surface area contributed by atoms with Crippen molar-refractivity contribution in [1.29, 1.82) is 0 Å². The summed E-state index contributed by atoms with van der Waals surface area (Å²) in [4.78, 5) is 28.0. The number of para-hydroxylation sites is 1. The summed E-state index contributed by atoms with van der Waals surface area (Å²) in [6.45, 7) is 2.45. The van der Waals surface area contributed by atoms with Gasteiger partial charge in [0.15, 0.2) is 0 Å². The molecule has 0 spiro atoms. The average Bonchev–Trinajstić information content (AvgIpc) is 2.87. The molecule has 3 aromatic carbocycles. The summed E-state index contributed by atoms with van der Waals surface area (Å²) < 4.78 is 11.6. The van der Waals surface area contributed by atoms with E-state index in [0.717, 1.165) is 11.1 Å². The molecule has 164 valence electrons. The Morgan fingerprint density at radius 2 is 1.50 bits per heavy atom. The van der Waals surface area contributed by atoms with Crippen molar-refractivity contribution in [3.63, 3.8) is 0 Å². The Morgan fingerprint density at radius 3 is 2.22 bits per heavy atom. The van der Waals surface area contributed by atoms with E-state index in [9.17, 15) is 9.59 Å². The van der Waals surface area contributed by atoms with Crippen molar-refractivity contribution in [2.24, 2.45) is 0 Å². The SMILES string of the molecule is O=C(NCc1ccccc1)c1ccccc1O[C@H](C(=O)N1CCOCC1)c1ccccc1. The van der Waals surface area contributed by atoms with Gasteiger partial charge in [-0.25, -0.2) is 0 Å². The molecule has 1 N–H and O–H groups in total. The third-order valence-corrected chi connectivity index (χ3v) is 5.32. The Labute approximate surface area is 187 Å². The number of rotatable bonds is 7. The Morgan fingerprint density at radius 1 is 0.875 bits per heavy atom. The third-order valence-electron chi connectivity index (χ3n) is 5.32. The van der Waals surface area contributed by atoms with Crippen molar-refractivity contribution < 1.29 is 19.1 Å². The van der Waals surface area contributed by atoms with Gasteiger partial charge in [-0.1, -0.05) is 72.8 Å². The second-order valence-corrected chi connectivity index (χ2v) is 7.51. The molecule has 2 amide bonds. The topological polar surface area (TPSA) is 67.9 Å². The first-order valence-corrected chi connectivity index (χ1v) is 10.7. The normalized spacial score (nSPS) is 14.4. The van der Waals surface area contributed by atoms with Crippen LogP contribution in [0.3, 0.4) is 0 Å². The van der Waals surface area contributed by atoms with E-state index in [1.165, 1.54) is 0 Å². The van der Waals surface area contributed by atoms with Gasteiger partial charge in [0, 0.05) is 25.2 Å². The molecule has 0 aliphatic carbocycles. The molecule has 32 heavy (non-hydrogen) atoms. The van der Waals surface area contributed by atoms with Crippen LogP contribution in [0.2, 0.25) is 0 Å². The van der Waals surface area contributed by atoms with Gasteiger partial charge in [0.1, 0.15) is 5.75 Å². The zero-order chi connectivity index (χ0) is 22.2. The highest BCUT2D eigenvalue weighted by Gasteiger charge is 2.30. The van der Waals surface area contributed by atoms with E-state index >= 15 is 0 Å². The minimum atomic E-state index is -0.850. The largest absolute Gasteiger partial charge is 0.475 e. The van der Waals surface area contributed by atoms with Crippen molar-refractivity contribution in [3.05, 3.63) is 102 Å². The lowest BCUT2D eigenvalue weighted by atomic mass is 10.1. The van der Waals surface area contributed by atoms with Crippen molar-refractivity contribution in [2.75, 3.05) is 26.3 Å². The first-order valence-electron chi connectivity index (χ1n) is 10.7. The van der Waals surface area contributed by atoms with Gasteiger partial charge in [-0.2, -0.15) is 0 Å². The second-order valence-electron chi connectivity index (χ2n) is 7.51. The molecule has 0 bridgehead atoms. The number of hydrogen-bond acceptors (Lipinski definition) is 4. The molecular weight excluding hydrogens is 404 g/mol. The third kappa shape index (κ3) is 5.34. The van der Waals surface area contributed by atoms with E-state index < -0.39 is 6.10 Å². The smallest absolute Gasteiger partial charge is 0.268 e. The van der Waals surface area contributed by atoms with Crippen molar-refractivity contribution in [3.8, 4) is 5.75 Å². The summed E-state index contributed by atoms with van der Waals surface area (Å²) in [5.74, 6) is -0.0254. The van der Waals surface area contributed by atoms with E-state index in [1.54, 1.807) is 29.2 Å². The van der Waals surface area contributed by atoms with Gasteiger partial charge in [-0.15, -0.1) is 0 Å². The first kappa shape index (κ1) is 21.6. The summed E-state index contributed by atoms with van der Waals surface area (Å²) in [7, 11) is 0. The highest BCUT2D eigenvalue weighted by Crippen LogP contribution is 2.27. The number of nitrogens with one attached hydrogen (secondary N) is 1. The number of carbonyl (C=O) groups excluding carboxylic acids is 2. The van der Waals surface area contributed by atoms with Crippen LogP contribution in [-0.2, 0) is 16.1 Å². The monoisotopic (exact) mass is 430 g/mol. The minimum Gasteiger partial charge on any atom is -0.475 e. The molecule has 0 saturated carbocycles. The van der Waals surface area contributed by atoms with E-state index in [2.05, 4.69) is 5.32 Å². The number of amides is 2. The lowest BCUT2D eigenvalue weighted by Gasteiger charge is -2.31. The minimum absolute atomic E-state index is 0.140. The molecule has 6 heteroatoms. The summed E-state index contributed by atoms with van der Waals surface area (Å²) in [6.07, 6.45) is -0.850. The average molecular weight is 431 g/mol. The molecule has 1 aliphatic heterocycles. The fraction of sp³-hybridized carbons (Fsp3) is 0.231. The van der Waals surface area contributed by atoms with Crippen LogP contribution < -0.4 is 10.1 Å². The number of morpholine rings is 1. The standard InChI is InChI=1S/C26H26N2O4/c29-25(27-19-20-9-3-1-4-10-20)22-13-7-8-14-23(22)32-24(21-11-5-2-6-12-21)26(30)28-15-17-31-18-16-28/h1-14,24H,15-19H2,(H,27,29)/t24-/m0/s1. The zero-order valence-corrected chi connectivity index (χ0v) is 17.8. The number of hydrogen-bond donors (Lipinski definition) is 1. The van der Waals surface area contributed by atoms with Crippen molar-refractivity contribution in [2.45, 2.75) is 12.6 Å². The van der Waals surface area contributed by atoms with Gasteiger partial charge in [-0.05, 0) is 17.7 Å². The van der Waals surface area contributed by atoms with Crippen LogP contribution in [0.4, 0.5) is 0 Å². The van der Waals surface area contributed by atoms with Crippen LogP contribution in [0.5, 0.6) is 5.75 Å². The van der Waals surface area contributed by atoms with Crippen LogP contribution in [-0.4, -0.2) is 43.0 Å². The molecular formula is C26H26N2O4. The van der Waals surface area contributed by atoms with Gasteiger partial charge in [0.05, 0.1) is 18.8 Å². The molecule has 6 nitrogen and oxygen atoms in total. The predicted molar refractivity (Wildman–Crippen MR) is 121 cm³/mol. The highest BCUT2D eigenvalue weighted by molar-refractivity contribution is 5.97. The van der Waals surface area contributed by atoms with Gasteiger partial charge < -0.3 is 19.7 Å². The Balaban J connectivity index is 1.55. The number of benzene rings is 3. The lowest BCUT2D eigenvalue weighted by Crippen LogP contribution is -2.44. The maximum Gasteiger partial charge on any atom is 0.268 e. The molecule has 4 rings (SSSR count). The lowest BCUT2D eigenvalue weighted by molar-refractivity contribution is -0.143. The molecule has 1 saturated heterocycles. The molecule has 1 atom stereocenters. The fourth-order valence-electron chi connectivity index (χ4n) is 3.60. The predicted octanol–water partition coefficient (Wildman–Crippen LogP) is 3.60. The van der Waals surface area contributed by atoms with Gasteiger partial charge in [0.25, 0.3) is 11.8 Å². The van der Waals surface area contributed by atoms with E-state index in [1.807, 2.05) is 60.7 Å². The summed E-state index contributed by atoms with van der Waals surface area (Å²) >= 11 is 0. The summed E-state index contributed by atoms with van der Waals surface area (Å²) in [5.41, 5.74) is 2.13. The first-order chi connectivity index (χ1) is 15.7. The van der Waals surface area contributed by atoms with Gasteiger partial charge in [-0.3, -0.25) is 9.59 Å². The fourth-order valence-corrected chi connectivity index (χ4v) is 3.60. The van der Waals surface area contributed by atoms with Crippen LogP contribution in [0.15, 0.2) is 84.9 Å². The Hall–Kier alpha value is -3.64. The number of ether oxygens (including phenoxy) is 2. The second kappa shape index (κ2) is 10.6. The molecule has 1 aliphatic rings. The molecule has 3 aromatic rings. The number of nitrogens with zero attached hydrogens (tertiary/aromatic N) is 1. The summed E-state index contributed by atoms with van der Waals surface area (Å²) in [5, 5.41) is 2.93. The van der Waals surface area contributed by atoms with Crippen LogP contribution in [0, 0.1) is 0 Å². The Bertz CT molecular complexity index is 1030. The number of carbonyl (C=O) groups is 2. The van der Waals surface area contributed by atoms with E-state index in [0.29, 0.717) is 44.2 Å². The zero-order valence-electron chi connectivity index (χ0n) is 17.8. The Kier molecular flexibility index (Phi) is 7.15. The van der Waals surface area contributed by atoms with Crippen LogP contribution in [0.1, 0.15) is 27.6 Å². The highest BCUT2D eigenvalue weighted by atomic mass is 16.5. The molecule has 0 radical (unpaired) electrons. The van der Waals surface area contributed by atoms with E-state index in [4.69, 9.17) is 9.47 Å². The molecule has 1 fully saturated rings. The molecule has 0 unspecified atom stereocenters. The van der Waals surface area contributed by atoms with Crippen molar-refractivity contribution >= 4 is 11.8 Å². The molecule has 1 heterocycles. The maximum atomic E-state index is 13.3. The van der Waals surface area contributed by atoms with E-state index in [-0.39, 0.29) is 11.8 Å². The van der Waals surface area contributed by atoms with Gasteiger partial charge >= 0.3 is 0 Å². The van der Waals surface area contributed by atoms with Crippen LogP contribution in [0.25, 0.3) is 0 Å². The van der Waals surface area contributed by atoms with Gasteiger partial charge in [0.2, 0.25) is 6.10 Å². The van der Waals surface area contributed by atoms with Crippen LogP contribution >= 0.6 is 0 Å². The maximum absolute atomic E-state index is 13.3. The summed E-state index contributed by atoms with van der Waals surface area (Å²) in [6, 6.07) is 26.1. The van der Waals surface area contributed by atoms with Crippen molar-refractivity contribution in [1.82, 2.24) is 10.2 Å². The quantitative estimate of drug-likeness (QED) is 0.622.